The van der Waals surface area contributed by atoms with Crippen LogP contribution in [0.3, 0.4) is 0 Å². The first-order valence-electron chi connectivity index (χ1n) is 8.95. The van der Waals surface area contributed by atoms with E-state index in [4.69, 9.17) is 4.99 Å². The second kappa shape index (κ2) is 7.46. The van der Waals surface area contributed by atoms with Crippen molar-refractivity contribution in [2.24, 2.45) is 4.99 Å². The van der Waals surface area contributed by atoms with Crippen LogP contribution in [0.2, 0.25) is 0 Å². The Kier molecular flexibility index (Phi) is 5.31. The summed E-state index contributed by atoms with van der Waals surface area (Å²) in [7, 11) is -3.09. The minimum Gasteiger partial charge on any atom is -0.315 e. The molecule has 0 saturated carbocycles. The van der Waals surface area contributed by atoms with Crippen molar-refractivity contribution in [3.63, 3.8) is 0 Å². The number of hydrogen-bond donors (Lipinski definition) is 0. The maximum absolute atomic E-state index is 14.2. The number of hydrogen-bond acceptors (Lipinski definition) is 5. The Bertz CT molecular complexity index is 1070. The molecule has 0 bridgehead atoms. The van der Waals surface area contributed by atoms with Crippen LogP contribution in [0.5, 0.6) is 0 Å². The molecule has 2 atom stereocenters. The maximum atomic E-state index is 14.2. The molecule has 0 N–H and O–H groups in total. The topological polar surface area (TPSA) is 49.7 Å². The molecule has 1 fully saturated rings. The van der Waals surface area contributed by atoms with Crippen molar-refractivity contribution < 1.29 is 12.8 Å². The van der Waals surface area contributed by atoms with Gasteiger partial charge in [0.15, 0.2) is 15.0 Å². The van der Waals surface area contributed by atoms with Gasteiger partial charge in [0.2, 0.25) is 0 Å². The molecule has 2 heterocycles. The number of aryl methyl sites for hydroxylation is 2. The minimum atomic E-state index is -3.09. The van der Waals surface area contributed by atoms with Crippen molar-refractivity contribution in [1.29, 1.82) is 0 Å². The van der Waals surface area contributed by atoms with Gasteiger partial charge in [-0.3, -0.25) is 4.99 Å². The Hall–Kier alpha value is -1.38. The first kappa shape index (κ1) is 19.9. The van der Waals surface area contributed by atoms with Gasteiger partial charge in [-0.25, -0.2) is 12.8 Å². The number of thioether (sulfide) groups is 1. The molecule has 4 rings (SSSR count). The van der Waals surface area contributed by atoms with Gasteiger partial charge in [-0.15, -0.1) is 0 Å². The molecule has 0 spiro atoms. The summed E-state index contributed by atoms with van der Waals surface area (Å²) < 4.78 is 39.2. The van der Waals surface area contributed by atoms with Gasteiger partial charge in [0.05, 0.1) is 23.6 Å². The molecule has 28 heavy (non-hydrogen) atoms. The predicted octanol–water partition coefficient (Wildman–Crippen LogP) is 4.48. The van der Waals surface area contributed by atoms with Crippen LogP contribution in [0.4, 0.5) is 10.1 Å². The monoisotopic (exact) mass is 482 g/mol. The van der Waals surface area contributed by atoms with E-state index in [0.29, 0.717) is 15.8 Å². The number of aliphatic imine (C=N–C) groups is 1. The van der Waals surface area contributed by atoms with Crippen molar-refractivity contribution in [3.8, 4) is 0 Å². The highest BCUT2D eigenvalue weighted by atomic mass is 79.9. The number of halogens is 2. The van der Waals surface area contributed by atoms with E-state index in [0.717, 1.165) is 22.0 Å². The third kappa shape index (κ3) is 3.86. The first-order valence-corrected chi connectivity index (χ1v) is 12.5. The molecule has 0 aliphatic carbocycles. The summed E-state index contributed by atoms with van der Waals surface area (Å²) in [5.41, 5.74) is 3.80. The van der Waals surface area contributed by atoms with Crippen molar-refractivity contribution in [2.75, 3.05) is 16.4 Å². The summed E-state index contributed by atoms with van der Waals surface area (Å²) in [5, 5.41) is 0.763. The van der Waals surface area contributed by atoms with Gasteiger partial charge in [0.1, 0.15) is 5.82 Å². The van der Waals surface area contributed by atoms with E-state index in [-0.39, 0.29) is 29.4 Å². The number of sulfone groups is 1. The number of rotatable bonds is 3. The minimum absolute atomic E-state index is 0.0791. The third-order valence-corrected chi connectivity index (χ3v) is 8.30. The van der Waals surface area contributed by atoms with Crippen LogP contribution in [0.15, 0.2) is 45.9 Å². The Morgan fingerprint density at radius 3 is 2.71 bits per heavy atom. The molecule has 2 aromatic rings. The molecule has 0 radical (unpaired) electrons. The van der Waals surface area contributed by atoms with Crippen molar-refractivity contribution in [2.45, 2.75) is 31.7 Å². The molecule has 0 aromatic heterocycles. The second-order valence-electron chi connectivity index (χ2n) is 7.31. The van der Waals surface area contributed by atoms with E-state index in [1.807, 2.05) is 36.9 Å². The van der Waals surface area contributed by atoms with E-state index in [1.165, 1.54) is 17.8 Å². The highest BCUT2D eigenvalue weighted by Gasteiger charge is 2.47. The van der Waals surface area contributed by atoms with Crippen LogP contribution < -0.4 is 4.90 Å². The highest BCUT2D eigenvalue weighted by molar-refractivity contribution is 9.10. The number of amidine groups is 1. The lowest BCUT2D eigenvalue weighted by Gasteiger charge is -2.28. The average Bonchev–Trinajstić information content (AvgIpc) is 3.06. The zero-order chi connectivity index (χ0) is 20.1. The molecule has 2 aliphatic rings. The molecular weight excluding hydrogens is 463 g/mol. The molecule has 0 unspecified atom stereocenters. The molecule has 148 valence electrons. The van der Waals surface area contributed by atoms with Gasteiger partial charge in [-0.2, -0.15) is 0 Å². The molecule has 2 aromatic carbocycles. The lowest BCUT2D eigenvalue weighted by molar-refractivity contribution is 0.601. The van der Waals surface area contributed by atoms with Crippen LogP contribution >= 0.6 is 27.7 Å². The number of nitrogens with zero attached hydrogens (tertiary/aromatic N) is 2. The molecule has 4 nitrogen and oxygen atoms in total. The smallest absolute Gasteiger partial charge is 0.164 e. The summed E-state index contributed by atoms with van der Waals surface area (Å²) in [6.45, 7) is 4.06. The standard InChI is InChI=1S/C20H20BrFN2O2S2/c1-12-3-6-18(13(2)7-12)24-19-11-28(25,26)10-17(19)23-20(24)27-9-14-4-5-15(21)8-16(14)22/h3-8,17,19H,9-11H2,1-2H3/t17-,19+/m1/s1. The van der Waals surface area contributed by atoms with Gasteiger partial charge >= 0.3 is 0 Å². The van der Waals surface area contributed by atoms with Crippen LogP contribution in [0, 0.1) is 19.7 Å². The largest absolute Gasteiger partial charge is 0.315 e. The lowest BCUT2D eigenvalue weighted by Crippen LogP contribution is -2.39. The summed E-state index contributed by atoms with van der Waals surface area (Å²) in [4.78, 5) is 6.77. The molecule has 0 amide bonds. The molecule has 8 heteroatoms. The van der Waals surface area contributed by atoms with Crippen LogP contribution in [0.25, 0.3) is 0 Å². The van der Waals surface area contributed by atoms with E-state index in [1.54, 1.807) is 6.07 Å². The molecule has 1 saturated heterocycles. The van der Waals surface area contributed by atoms with Gasteiger partial charge in [-0.1, -0.05) is 51.5 Å². The predicted molar refractivity (Wildman–Crippen MR) is 117 cm³/mol. The Balaban J connectivity index is 1.65. The Labute approximate surface area is 177 Å². The number of benzene rings is 2. The lowest BCUT2D eigenvalue weighted by atomic mass is 10.1. The maximum Gasteiger partial charge on any atom is 0.164 e. The third-order valence-electron chi connectivity index (χ3n) is 5.09. The van der Waals surface area contributed by atoms with E-state index >= 15 is 0 Å². The van der Waals surface area contributed by atoms with Gasteiger partial charge < -0.3 is 4.90 Å². The average molecular weight is 483 g/mol. The van der Waals surface area contributed by atoms with Gasteiger partial charge in [0, 0.05) is 15.9 Å². The molecule has 2 aliphatic heterocycles. The second-order valence-corrected chi connectivity index (χ2v) is 11.3. The normalized spacial score (nSPS) is 23.0. The summed E-state index contributed by atoms with van der Waals surface area (Å²) in [6.07, 6.45) is 0. The fraction of sp³-hybridized carbons (Fsp3) is 0.350. The van der Waals surface area contributed by atoms with Crippen molar-refractivity contribution in [3.05, 3.63) is 63.4 Å². The Morgan fingerprint density at radius 2 is 2.00 bits per heavy atom. The summed E-state index contributed by atoms with van der Waals surface area (Å²) in [5.74, 6) is 0.355. The summed E-state index contributed by atoms with van der Waals surface area (Å²) >= 11 is 4.73. The van der Waals surface area contributed by atoms with Crippen LogP contribution in [-0.4, -0.2) is 37.2 Å². The Morgan fingerprint density at radius 1 is 1.21 bits per heavy atom. The van der Waals surface area contributed by atoms with Crippen LogP contribution in [0.1, 0.15) is 16.7 Å². The van der Waals surface area contributed by atoms with Crippen molar-refractivity contribution >= 4 is 48.4 Å². The van der Waals surface area contributed by atoms with E-state index in [9.17, 15) is 12.8 Å². The van der Waals surface area contributed by atoms with Gasteiger partial charge in [0.25, 0.3) is 0 Å². The zero-order valence-corrected chi connectivity index (χ0v) is 18.7. The quantitative estimate of drug-likeness (QED) is 0.646. The van der Waals surface area contributed by atoms with E-state index in [2.05, 4.69) is 22.0 Å². The number of anilines is 1. The zero-order valence-electron chi connectivity index (χ0n) is 15.5. The van der Waals surface area contributed by atoms with E-state index < -0.39 is 9.84 Å². The van der Waals surface area contributed by atoms with Crippen molar-refractivity contribution in [1.82, 2.24) is 0 Å². The fourth-order valence-electron chi connectivity index (χ4n) is 3.77. The number of fused-ring (bicyclic) bond motifs is 1. The first-order chi connectivity index (χ1) is 13.2. The molecular formula is C20H20BrFN2O2S2. The van der Waals surface area contributed by atoms with Gasteiger partial charge in [-0.05, 0) is 43.2 Å². The van der Waals surface area contributed by atoms with Crippen LogP contribution in [-0.2, 0) is 15.6 Å². The summed E-state index contributed by atoms with van der Waals surface area (Å²) in [6, 6.07) is 10.7. The highest BCUT2D eigenvalue weighted by Crippen LogP contribution is 2.37. The SMILES string of the molecule is Cc1ccc(N2C(SCc3ccc(Br)cc3F)=N[C@@H]3CS(=O)(=O)C[C@@H]32)c(C)c1. The fourth-order valence-corrected chi connectivity index (χ4v) is 7.05.